The van der Waals surface area contributed by atoms with Crippen molar-refractivity contribution < 1.29 is 9.47 Å². The van der Waals surface area contributed by atoms with Crippen LogP contribution in [0.4, 0.5) is 0 Å². The standard InChI is InChI=1S/C32H53N3O2Si/c1-5-7-10-15-27(3)16-11-9-12-17-28(4)26-38-32-21-19-30(34-35-32)29-18-20-31(33-25-29)37-24-14-13-23-36-22-8-6-2/h18-21,25,27-28H,5-17,22-24,26H2,1-4H3. The van der Waals surface area contributed by atoms with Gasteiger partial charge in [0.2, 0.25) is 5.88 Å². The predicted octanol–water partition coefficient (Wildman–Crippen LogP) is 8.07. The third-order valence-corrected chi connectivity index (χ3v) is 8.63. The summed E-state index contributed by atoms with van der Waals surface area (Å²) in [6.07, 6.45) is 18.5. The number of ether oxygens (including phenoxy) is 2. The Morgan fingerprint density at radius 2 is 1.42 bits per heavy atom. The van der Waals surface area contributed by atoms with E-state index in [0.29, 0.717) is 12.5 Å². The van der Waals surface area contributed by atoms with E-state index in [4.69, 9.17) is 9.47 Å². The maximum atomic E-state index is 5.77. The zero-order valence-electron chi connectivity index (χ0n) is 24.7. The Morgan fingerprint density at radius 3 is 2.11 bits per heavy atom. The summed E-state index contributed by atoms with van der Waals surface area (Å²) in [6.45, 7) is 11.6. The van der Waals surface area contributed by atoms with E-state index in [9.17, 15) is 0 Å². The Morgan fingerprint density at radius 1 is 0.711 bits per heavy atom. The van der Waals surface area contributed by atoms with Crippen molar-refractivity contribution in [3.63, 3.8) is 0 Å². The summed E-state index contributed by atoms with van der Waals surface area (Å²) in [7, 11) is 0.725. The minimum absolute atomic E-state index is 0.655. The Bertz CT molecular complexity index is 816. The second kappa shape index (κ2) is 21.1. The second-order valence-electron chi connectivity index (χ2n) is 10.9. The molecule has 2 aromatic rings. The van der Waals surface area contributed by atoms with Gasteiger partial charge in [0.1, 0.15) is 9.52 Å². The monoisotopic (exact) mass is 539 g/mol. The van der Waals surface area contributed by atoms with Crippen LogP contribution in [-0.4, -0.2) is 44.5 Å². The fourth-order valence-corrected chi connectivity index (χ4v) is 5.54. The Kier molecular flexibility index (Phi) is 18.0. The molecule has 0 N–H and O–H groups in total. The van der Waals surface area contributed by atoms with E-state index in [0.717, 1.165) is 70.4 Å². The Hall–Kier alpha value is -1.79. The van der Waals surface area contributed by atoms with Gasteiger partial charge in [-0.25, -0.2) is 4.98 Å². The van der Waals surface area contributed by atoms with Crippen molar-refractivity contribution in [2.75, 3.05) is 19.8 Å². The lowest BCUT2D eigenvalue weighted by Crippen LogP contribution is -2.21. The van der Waals surface area contributed by atoms with Crippen LogP contribution in [0.3, 0.4) is 0 Å². The number of hydrogen-bond acceptors (Lipinski definition) is 5. The number of pyridine rings is 1. The molecule has 0 spiro atoms. The van der Waals surface area contributed by atoms with E-state index in [1.165, 1.54) is 70.3 Å². The quantitative estimate of drug-likeness (QED) is 0.106. The van der Waals surface area contributed by atoms with Gasteiger partial charge in [0.05, 0.1) is 12.3 Å². The lowest BCUT2D eigenvalue weighted by atomic mass is 9.96. The van der Waals surface area contributed by atoms with Crippen molar-refractivity contribution in [2.24, 2.45) is 11.8 Å². The minimum atomic E-state index is 0.655. The summed E-state index contributed by atoms with van der Waals surface area (Å²) >= 11 is 0. The highest BCUT2D eigenvalue weighted by Gasteiger charge is 2.08. The number of unbranched alkanes of at least 4 members (excludes halogenated alkanes) is 6. The summed E-state index contributed by atoms with van der Waals surface area (Å²) in [5, 5.41) is 10.1. The lowest BCUT2D eigenvalue weighted by molar-refractivity contribution is 0.123. The van der Waals surface area contributed by atoms with Gasteiger partial charge in [-0.05, 0) is 49.3 Å². The van der Waals surface area contributed by atoms with Gasteiger partial charge in [-0.2, -0.15) is 10.2 Å². The van der Waals surface area contributed by atoms with Crippen LogP contribution in [0.1, 0.15) is 111 Å². The molecule has 0 saturated carbocycles. The second-order valence-corrected chi connectivity index (χ2v) is 12.2. The van der Waals surface area contributed by atoms with Gasteiger partial charge in [-0.1, -0.05) is 97.9 Å². The number of nitrogens with zero attached hydrogens (tertiary/aromatic N) is 3. The van der Waals surface area contributed by atoms with Gasteiger partial charge in [0, 0.05) is 36.4 Å². The SMILES string of the molecule is CCCCCC(C)CCCCCC(C)C[Si]c1ccc(-c2ccc(OCCCCOCCCC)nc2)nn1. The van der Waals surface area contributed by atoms with E-state index in [1.54, 1.807) is 0 Å². The number of hydrogen-bond donors (Lipinski definition) is 0. The minimum Gasteiger partial charge on any atom is -0.478 e. The molecule has 0 aliphatic rings. The first-order valence-electron chi connectivity index (χ1n) is 15.4. The highest BCUT2D eigenvalue weighted by Crippen LogP contribution is 2.20. The molecule has 2 unspecified atom stereocenters. The maximum Gasteiger partial charge on any atom is 0.213 e. The zero-order valence-corrected chi connectivity index (χ0v) is 25.7. The highest BCUT2D eigenvalue weighted by atomic mass is 28.2. The smallest absolute Gasteiger partial charge is 0.213 e. The van der Waals surface area contributed by atoms with Gasteiger partial charge in [-0.15, -0.1) is 0 Å². The molecule has 2 atom stereocenters. The van der Waals surface area contributed by atoms with Gasteiger partial charge in [0.25, 0.3) is 0 Å². The van der Waals surface area contributed by atoms with Crippen LogP contribution in [0.15, 0.2) is 30.5 Å². The number of rotatable bonds is 23. The first-order chi connectivity index (χ1) is 18.6. The van der Waals surface area contributed by atoms with Gasteiger partial charge in [-0.3, -0.25) is 0 Å². The first kappa shape index (κ1) is 32.4. The summed E-state index contributed by atoms with van der Waals surface area (Å²) in [4.78, 5) is 4.44. The molecule has 2 rings (SSSR count). The largest absolute Gasteiger partial charge is 0.478 e. The van der Waals surface area contributed by atoms with E-state index in [2.05, 4.69) is 55.0 Å². The van der Waals surface area contributed by atoms with E-state index >= 15 is 0 Å². The average molecular weight is 540 g/mol. The van der Waals surface area contributed by atoms with Gasteiger partial charge in [0.15, 0.2) is 0 Å². The van der Waals surface area contributed by atoms with Crippen LogP contribution in [0.25, 0.3) is 11.3 Å². The van der Waals surface area contributed by atoms with Crippen molar-refractivity contribution >= 4 is 14.8 Å². The molecule has 6 heteroatoms. The molecule has 0 aromatic carbocycles. The zero-order chi connectivity index (χ0) is 27.3. The van der Waals surface area contributed by atoms with Crippen LogP contribution < -0.4 is 10.1 Å². The van der Waals surface area contributed by atoms with Crippen molar-refractivity contribution in [2.45, 2.75) is 117 Å². The third kappa shape index (κ3) is 15.0. The lowest BCUT2D eigenvalue weighted by Gasteiger charge is -2.12. The Labute approximate surface area is 235 Å². The van der Waals surface area contributed by atoms with Crippen molar-refractivity contribution in [1.29, 1.82) is 0 Å². The first-order valence-corrected chi connectivity index (χ1v) is 16.6. The molecule has 5 nitrogen and oxygen atoms in total. The fraction of sp³-hybridized carbons (Fsp3) is 0.719. The van der Waals surface area contributed by atoms with E-state index in [1.807, 2.05) is 18.3 Å². The van der Waals surface area contributed by atoms with Gasteiger partial charge >= 0.3 is 0 Å². The van der Waals surface area contributed by atoms with E-state index in [-0.39, 0.29) is 0 Å². The summed E-state index contributed by atoms with van der Waals surface area (Å²) in [5.74, 6) is 2.31. The molecule has 38 heavy (non-hydrogen) atoms. The van der Waals surface area contributed by atoms with Crippen molar-refractivity contribution in [1.82, 2.24) is 15.2 Å². The van der Waals surface area contributed by atoms with Gasteiger partial charge < -0.3 is 9.47 Å². The van der Waals surface area contributed by atoms with Crippen molar-refractivity contribution in [3.05, 3.63) is 30.5 Å². The molecule has 0 fully saturated rings. The molecule has 2 radical (unpaired) electrons. The highest BCUT2D eigenvalue weighted by molar-refractivity contribution is 6.52. The molecule has 212 valence electrons. The topological polar surface area (TPSA) is 57.1 Å². The van der Waals surface area contributed by atoms with E-state index < -0.39 is 0 Å². The number of aromatic nitrogens is 3. The maximum absolute atomic E-state index is 5.77. The molecule has 2 heterocycles. The van der Waals surface area contributed by atoms with Crippen molar-refractivity contribution in [3.8, 4) is 17.1 Å². The summed E-state index contributed by atoms with van der Waals surface area (Å²) in [5.41, 5.74) is 1.83. The van der Waals surface area contributed by atoms with Crippen LogP contribution in [0, 0.1) is 11.8 Å². The summed E-state index contributed by atoms with van der Waals surface area (Å²) in [6, 6.07) is 9.33. The van der Waals surface area contributed by atoms with Crippen LogP contribution in [-0.2, 0) is 4.74 Å². The van der Waals surface area contributed by atoms with Crippen LogP contribution >= 0.6 is 0 Å². The summed E-state index contributed by atoms with van der Waals surface area (Å²) < 4.78 is 11.4. The predicted molar refractivity (Wildman–Crippen MR) is 161 cm³/mol. The normalized spacial score (nSPS) is 12.9. The molecule has 0 saturated heterocycles. The fourth-order valence-electron chi connectivity index (χ4n) is 4.46. The molecular weight excluding hydrogens is 486 g/mol. The Balaban J connectivity index is 1.58. The molecule has 0 aliphatic heterocycles. The third-order valence-electron chi connectivity index (χ3n) is 7.10. The molecular formula is C32H53N3O2Si. The molecule has 0 bridgehead atoms. The average Bonchev–Trinajstić information content (AvgIpc) is 2.94. The van der Waals surface area contributed by atoms with Crippen LogP contribution in [0.2, 0.25) is 6.04 Å². The molecule has 2 aromatic heterocycles. The molecule has 0 amide bonds. The molecule has 0 aliphatic carbocycles. The van der Waals surface area contributed by atoms with Crippen LogP contribution in [0.5, 0.6) is 5.88 Å².